The van der Waals surface area contributed by atoms with Gasteiger partial charge in [0.1, 0.15) is 0 Å². The number of aliphatic hydroxyl groups excluding tert-OH is 1. The molecule has 0 radical (unpaired) electrons. The standard InChI is InChI=1S/C19H19BrO2Se/c1-2-22-17(12-13-23-18-6-4-3-5-7-18)14-19(21)15-8-10-16(20)11-9-15/h3-11,17,19,21H,2,14H2,1H3/t17-,19+/m0/s1. The second-order valence-electron chi connectivity index (χ2n) is 4.91. The van der Waals surface area contributed by atoms with Crippen molar-refractivity contribution in [1.29, 1.82) is 0 Å². The van der Waals surface area contributed by atoms with Crippen LogP contribution in [0.15, 0.2) is 59.1 Å². The van der Waals surface area contributed by atoms with E-state index in [1.165, 1.54) is 4.46 Å². The van der Waals surface area contributed by atoms with Crippen LogP contribution >= 0.6 is 15.9 Å². The van der Waals surface area contributed by atoms with Gasteiger partial charge in [0.2, 0.25) is 0 Å². The molecule has 0 fully saturated rings. The minimum absolute atomic E-state index is 0.110. The maximum absolute atomic E-state index is 10.4. The fraction of sp³-hybridized carbons (Fsp3) is 0.263. The van der Waals surface area contributed by atoms with Crippen LogP contribution in [0, 0.1) is 10.7 Å². The van der Waals surface area contributed by atoms with Gasteiger partial charge in [-0.25, -0.2) is 0 Å². The van der Waals surface area contributed by atoms with Gasteiger partial charge in [-0.1, -0.05) is 0 Å². The Labute approximate surface area is 152 Å². The van der Waals surface area contributed by atoms with E-state index in [9.17, 15) is 5.11 Å². The van der Waals surface area contributed by atoms with Crippen LogP contribution < -0.4 is 4.46 Å². The summed E-state index contributed by atoms with van der Waals surface area (Å²) in [6, 6.07) is 17.9. The van der Waals surface area contributed by atoms with Crippen molar-refractivity contribution in [3.05, 3.63) is 64.6 Å². The normalized spacial score (nSPS) is 13.0. The number of aliphatic hydroxyl groups is 1. The first-order valence-corrected chi connectivity index (χ1v) is 9.97. The van der Waals surface area contributed by atoms with Crippen molar-refractivity contribution in [3.63, 3.8) is 0 Å². The second kappa shape index (κ2) is 9.92. The molecule has 4 heteroatoms. The number of ether oxygens (including phenoxy) is 1. The Balaban J connectivity index is 1.96. The van der Waals surface area contributed by atoms with E-state index in [2.05, 4.69) is 38.8 Å². The Kier molecular flexibility index (Phi) is 7.88. The van der Waals surface area contributed by atoms with Crippen molar-refractivity contribution in [3.8, 4) is 10.7 Å². The molecule has 0 saturated heterocycles. The molecular weight excluding hydrogens is 419 g/mol. The van der Waals surface area contributed by atoms with Crippen LogP contribution in [0.1, 0.15) is 25.0 Å². The number of benzene rings is 2. The molecule has 0 aromatic heterocycles. The van der Waals surface area contributed by atoms with Crippen LogP contribution in [0.2, 0.25) is 0 Å². The quantitative estimate of drug-likeness (QED) is 0.555. The van der Waals surface area contributed by atoms with Crippen molar-refractivity contribution < 1.29 is 9.84 Å². The summed E-state index contributed by atoms with van der Waals surface area (Å²) in [4.78, 5) is 3.22. The molecule has 23 heavy (non-hydrogen) atoms. The molecule has 0 aliphatic heterocycles. The van der Waals surface area contributed by atoms with Crippen molar-refractivity contribution in [1.82, 2.24) is 0 Å². The van der Waals surface area contributed by atoms with Crippen LogP contribution in [-0.4, -0.2) is 32.8 Å². The van der Waals surface area contributed by atoms with Crippen LogP contribution in [-0.2, 0) is 4.74 Å². The summed E-state index contributed by atoms with van der Waals surface area (Å²) in [7, 11) is 0. The fourth-order valence-electron chi connectivity index (χ4n) is 2.04. The first-order chi connectivity index (χ1) is 11.2. The van der Waals surface area contributed by atoms with Crippen LogP contribution in [0.4, 0.5) is 0 Å². The predicted molar refractivity (Wildman–Crippen MR) is 98.7 cm³/mol. The van der Waals surface area contributed by atoms with E-state index < -0.39 is 6.10 Å². The third kappa shape index (κ3) is 6.51. The van der Waals surface area contributed by atoms with Crippen LogP contribution in [0.25, 0.3) is 0 Å². The van der Waals surface area contributed by atoms with Gasteiger partial charge in [0.25, 0.3) is 0 Å². The van der Waals surface area contributed by atoms with Gasteiger partial charge in [0.15, 0.2) is 0 Å². The fourth-order valence-corrected chi connectivity index (χ4v) is 3.56. The van der Waals surface area contributed by atoms with E-state index in [0.29, 0.717) is 13.0 Å². The summed E-state index contributed by atoms with van der Waals surface area (Å²) in [5.74, 6) is 3.17. The first-order valence-electron chi connectivity index (χ1n) is 7.46. The van der Waals surface area contributed by atoms with E-state index in [1.54, 1.807) is 0 Å². The van der Waals surface area contributed by atoms with Crippen LogP contribution in [0.5, 0.6) is 0 Å². The molecular formula is C19H19BrO2Se. The van der Waals surface area contributed by atoms with Gasteiger partial charge in [-0.05, 0) is 0 Å². The third-order valence-corrected chi connectivity index (χ3v) is 5.25. The Bertz CT molecular complexity index is 647. The van der Waals surface area contributed by atoms with Crippen molar-refractivity contribution in [2.24, 2.45) is 0 Å². The molecule has 0 saturated carbocycles. The van der Waals surface area contributed by atoms with Crippen molar-refractivity contribution in [2.75, 3.05) is 6.61 Å². The monoisotopic (exact) mass is 438 g/mol. The van der Waals surface area contributed by atoms with Gasteiger partial charge in [0, 0.05) is 0 Å². The number of halogens is 1. The predicted octanol–water partition coefficient (Wildman–Crippen LogP) is 3.27. The second-order valence-corrected chi connectivity index (χ2v) is 7.67. The molecule has 1 N–H and O–H groups in total. The maximum atomic E-state index is 10.4. The SMILES string of the molecule is CCO[C@@H](C#C[Se]c1ccccc1)C[C@@H](O)c1ccc(Br)cc1. The molecule has 2 rings (SSSR count). The average Bonchev–Trinajstić information content (AvgIpc) is 2.56. The van der Waals surface area contributed by atoms with Gasteiger partial charge in [0.05, 0.1) is 0 Å². The molecule has 0 aliphatic rings. The molecule has 0 amide bonds. The molecule has 2 nitrogen and oxygen atoms in total. The molecule has 2 atom stereocenters. The molecule has 0 unspecified atom stereocenters. The Morgan fingerprint density at radius 3 is 2.48 bits per heavy atom. The van der Waals surface area contributed by atoms with Gasteiger partial charge < -0.3 is 0 Å². The zero-order chi connectivity index (χ0) is 16.5. The van der Waals surface area contributed by atoms with E-state index >= 15 is 0 Å². The van der Waals surface area contributed by atoms with E-state index in [1.807, 2.05) is 49.4 Å². The molecule has 2 aromatic carbocycles. The molecule has 0 spiro atoms. The number of rotatable bonds is 6. The zero-order valence-corrected chi connectivity index (χ0v) is 16.2. The topological polar surface area (TPSA) is 29.5 Å². The van der Waals surface area contributed by atoms with E-state index in [4.69, 9.17) is 4.74 Å². The third-order valence-electron chi connectivity index (χ3n) is 3.19. The number of hydrogen-bond acceptors (Lipinski definition) is 2. The Morgan fingerprint density at radius 1 is 1.13 bits per heavy atom. The average molecular weight is 438 g/mol. The summed E-state index contributed by atoms with van der Waals surface area (Å²) in [6.07, 6.45) is -0.338. The van der Waals surface area contributed by atoms with Crippen molar-refractivity contribution >= 4 is 35.3 Å². The summed E-state index contributed by atoms with van der Waals surface area (Å²) >= 11 is 3.51. The van der Waals surface area contributed by atoms with Gasteiger partial charge >= 0.3 is 153 Å². The van der Waals surface area contributed by atoms with Gasteiger partial charge in [-0.15, -0.1) is 0 Å². The summed E-state index contributed by atoms with van der Waals surface area (Å²) < 4.78 is 7.91. The molecule has 0 bridgehead atoms. The Hall–Kier alpha value is -1.08. The molecule has 0 aliphatic carbocycles. The Morgan fingerprint density at radius 2 is 1.83 bits per heavy atom. The summed E-state index contributed by atoms with van der Waals surface area (Å²) in [6.45, 7) is 2.54. The number of hydrogen-bond donors (Lipinski definition) is 1. The van der Waals surface area contributed by atoms with Crippen LogP contribution in [0.3, 0.4) is 0 Å². The first kappa shape index (κ1) is 18.3. The van der Waals surface area contributed by atoms with Crippen molar-refractivity contribution in [2.45, 2.75) is 25.6 Å². The van der Waals surface area contributed by atoms with Gasteiger partial charge in [-0.3, -0.25) is 0 Å². The van der Waals surface area contributed by atoms with E-state index in [0.717, 1.165) is 10.0 Å². The minimum atomic E-state index is -0.571. The zero-order valence-electron chi connectivity index (χ0n) is 12.9. The summed E-state index contributed by atoms with van der Waals surface area (Å²) in [5.41, 5.74) is 0.883. The van der Waals surface area contributed by atoms with Gasteiger partial charge in [-0.2, -0.15) is 0 Å². The summed E-state index contributed by atoms with van der Waals surface area (Å²) in [5, 5.41) is 10.4. The molecule has 120 valence electrons. The molecule has 2 aromatic rings. The van der Waals surface area contributed by atoms with E-state index in [-0.39, 0.29) is 21.1 Å². The molecule has 0 heterocycles.